The predicted octanol–water partition coefficient (Wildman–Crippen LogP) is 2.01. The molecule has 0 bridgehead atoms. The highest BCUT2D eigenvalue weighted by atomic mass is 16.5. The highest BCUT2D eigenvalue weighted by Crippen LogP contribution is 2.32. The smallest absolute Gasteiger partial charge is 0.351 e. The summed E-state index contributed by atoms with van der Waals surface area (Å²) in [5, 5.41) is 38.0. The Kier molecular flexibility index (Phi) is 4.40. The number of rotatable bonds is 4. The number of hydrogen-bond acceptors (Lipinski definition) is 8. The van der Waals surface area contributed by atoms with Crippen molar-refractivity contribution in [1.82, 2.24) is 0 Å². The lowest BCUT2D eigenvalue weighted by Crippen LogP contribution is -2.17. The Morgan fingerprint density at radius 2 is 1.69 bits per heavy atom. The number of hydrogen-bond donors (Lipinski definition) is 4. The fraction of sp³-hybridized carbons (Fsp3) is 0.111. The van der Waals surface area contributed by atoms with Gasteiger partial charge in [-0.2, -0.15) is 0 Å². The van der Waals surface area contributed by atoms with Gasteiger partial charge in [-0.05, 0) is 35.9 Å². The van der Waals surface area contributed by atoms with E-state index < -0.39 is 23.1 Å². The molecule has 0 fully saturated rings. The second-order valence-corrected chi connectivity index (χ2v) is 5.51. The number of phenols is 4. The van der Waals surface area contributed by atoms with Crippen molar-refractivity contribution in [2.75, 3.05) is 6.61 Å². The summed E-state index contributed by atoms with van der Waals surface area (Å²) in [4.78, 5) is 24.0. The molecule has 26 heavy (non-hydrogen) atoms. The number of carbonyl (C=O) groups excluding carboxylic acids is 1. The summed E-state index contributed by atoms with van der Waals surface area (Å²) in [6.45, 7) is -0.0681. The molecule has 0 spiro atoms. The van der Waals surface area contributed by atoms with Gasteiger partial charge in [0.1, 0.15) is 5.56 Å². The van der Waals surface area contributed by atoms with Crippen molar-refractivity contribution in [1.29, 1.82) is 0 Å². The molecule has 1 heterocycles. The molecule has 4 N–H and O–H groups in total. The van der Waals surface area contributed by atoms with Crippen LogP contribution in [0.5, 0.6) is 23.0 Å². The van der Waals surface area contributed by atoms with E-state index in [1.54, 1.807) is 6.07 Å². The van der Waals surface area contributed by atoms with Crippen LogP contribution >= 0.6 is 0 Å². The Labute approximate surface area is 146 Å². The lowest BCUT2D eigenvalue weighted by atomic mass is 10.1. The van der Waals surface area contributed by atoms with E-state index in [2.05, 4.69) is 0 Å². The number of phenolic OH excluding ortho intramolecular Hbond substituents is 4. The van der Waals surface area contributed by atoms with E-state index in [1.807, 2.05) is 0 Å². The number of benzene rings is 2. The molecule has 8 heteroatoms. The van der Waals surface area contributed by atoms with Crippen LogP contribution in [-0.4, -0.2) is 33.0 Å². The van der Waals surface area contributed by atoms with Crippen molar-refractivity contribution < 1.29 is 34.4 Å². The Bertz CT molecular complexity index is 1050. The summed E-state index contributed by atoms with van der Waals surface area (Å²) in [5.74, 6) is -2.49. The van der Waals surface area contributed by atoms with E-state index in [0.29, 0.717) is 5.56 Å². The Balaban J connectivity index is 1.75. The van der Waals surface area contributed by atoms with Gasteiger partial charge in [0.25, 0.3) is 0 Å². The third-order valence-corrected chi connectivity index (χ3v) is 3.74. The minimum Gasteiger partial charge on any atom is -0.504 e. The normalized spacial score (nSPS) is 10.8. The molecule has 0 saturated heterocycles. The van der Waals surface area contributed by atoms with E-state index in [0.717, 1.165) is 0 Å². The van der Waals surface area contributed by atoms with Gasteiger partial charge in [-0.15, -0.1) is 0 Å². The lowest BCUT2D eigenvalue weighted by Gasteiger charge is -2.07. The number of ether oxygens (including phenoxy) is 1. The molecule has 1 aromatic heterocycles. The number of esters is 1. The van der Waals surface area contributed by atoms with Crippen LogP contribution in [0.4, 0.5) is 0 Å². The van der Waals surface area contributed by atoms with Crippen LogP contribution in [0.3, 0.4) is 0 Å². The third-order valence-electron chi connectivity index (χ3n) is 3.74. The monoisotopic (exact) mass is 358 g/mol. The summed E-state index contributed by atoms with van der Waals surface area (Å²) < 4.78 is 9.92. The van der Waals surface area contributed by atoms with E-state index in [-0.39, 0.29) is 41.1 Å². The standard InChI is InChI=1S/C18H14O8/c19-12-3-1-9(7-14(12)21)5-6-25-17(23)11-8-10-2-4-13(20)15(22)16(10)26-18(11)24/h1-4,7-8,19-22H,5-6H2. The van der Waals surface area contributed by atoms with Crippen molar-refractivity contribution >= 4 is 16.9 Å². The van der Waals surface area contributed by atoms with E-state index >= 15 is 0 Å². The SMILES string of the molecule is O=C(OCCc1ccc(O)c(O)c1)c1cc2ccc(O)c(O)c2oc1=O. The first-order valence-electron chi connectivity index (χ1n) is 7.53. The third kappa shape index (κ3) is 3.25. The molecular formula is C18H14O8. The second kappa shape index (κ2) is 6.67. The molecule has 0 aliphatic carbocycles. The topological polar surface area (TPSA) is 137 Å². The van der Waals surface area contributed by atoms with Crippen LogP contribution in [0.1, 0.15) is 15.9 Å². The molecular weight excluding hydrogens is 344 g/mol. The van der Waals surface area contributed by atoms with Gasteiger partial charge in [0.05, 0.1) is 6.61 Å². The maximum atomic E-state index is 12.1. The molecule has 0 amide bonds. The molecule has 0 radical (unpaired) electrons. The first kappa shape index (κ1) is 17.2. The van der Waals surface area contributed by atoms with E-state index in [9.17, 15) is 30.0 Å². The summed E-state index contributed by atoms with van der Waals surface area (Å²) >= 11 is 0. The van der Waals surface area contributed by atoms with Gasteiger partial charge >= 0.3 is 11.6 Å². The average molecular weight is 358 g/mol. The quantitative estimate of drug-likeness (QED) is 0.316. The molecule has 0 aliphatic heterocycles. The van der Waals surface area contributed by atoms with Crippen LogP contribution in [-0.2, 0) is 11.2 Å². The number of fused-ring (bicyclic) bond motifs is 1. The molecule has 0 saturated carbocycles. The van der Waals surface area contributed by atoms with Gasteiger partial charge in [-0.25, -0.2) is 9.59 Å². The summed E-state index contributed by atoms with van der Waals surface area (Å²) in [7, 11) is 0. The minimum atomic E-state index is -1.01. The van der Waals surface area contributed by atoms with Crippen molar-refractivity contribution in [2.45, 2.75) is 6.42 Å². The minimum absolute atomic E-state index is 0.0681. The molecule has 8 nitrogen and oxygen atoms in total. The Morgan fingerprint density at radius 1 is 0.962 bits per heavy atom. The lowest BCUT2D eigenvalue weighted by molar-refractivity contribution is 0.0504. The largest absolute Gasteiger partial charge is 0.504 e. The van der Waals surface area contributed by atoms with Crippen molar-refractivity contribution in [3.63, 3.8) is 0 Å². The first-order chi connectivity index (χ1) is 12.4. The molecule has 134 valence electrons. The van der Waals surface area contributed by atoms with Crippen LogP contribution < -0.4 is 5.63 Å². The number of carbonyl (C=O) groups is 1. The zero-order valence-corrected chi connectivity index (χ0v) is 13.3. The highest BCUT2D eigenvalue weighted by molar-refractivity contribution is 5.94. The zero-order valence-electron chi connectivity index (χ0n) is 13.3. The predicted molar refractivity (Wildman–Crippen MR) is 89.6 cm³/mol. The maximum Gasteiger partial charge on any atom is 0.351 e. The molecule has 0 unspecified atom stereocenters. The fourth-order valence-corrected chi connectivity index (χ4v) is 2.37. The van der Waals surface area contributed by atoms with Gasteiger partial charge in [0, 0.05) is 11.8 Å². The summed E-state index contributed by atoms with van der Waals surface area (Å²) in [5.41, 5.74) is -0.966. The van der Waals surface area contributed by atoms with Crippen LogP contribution in [0.15, 0.2) is 45.6 Å². The van der Waals surface area contributed by atoms with Crippen molar-refractivity contribution in [2.24, 2.45) is 0 Å². The Morgan fingerprint density at radius 3 is 2.42 bits per heavy atom. The first-order valence-corrected chi connectivity index (χ1v) is 7.53. The fourth-order valence-electron chi connectivity index (χ4n) is 2.37. The van der Waals surface area contributed by atoms with Gasteiger partial charge in [-0.3, -0.25) is 0 Å². The van der Waals surface area contributed by atoms with Crippen molar-refractivity contribution in [3.05, 3.63) is 57.9 Å². The van der Waals surface area contributed by atoms with E-state index in [1.165, 1.54) is 30.3 Å². The molecule has 0 aliphatic rings. The molecule has 3 aromatic rings. The van der Waals surface area contributed by atoms with Crippen LogP contribution in [0.2, 0.25) is 0 Å². The summed E-state index contributed by atoms with van der Waals surface area (Å²) in [6.07, 6.45) is 0.257. The Hall–Kier alpha value is -3.68. The van der Waals surface area contributed by atoms with Gasteiger partial charge in [0.15, 0.2) is 22.8 Å². The van der Waals surface area contributed by atoms with Gasteiger partial charge < -0.3 is 29.6 Å². The number of aromatic hydroxyl groups is 4. The van der Waals surface area contributed by atoms with Crippen LogP contribution in [0, 0.1) is 0 Å². The van der Waals surface area contributed by atoms with Crippen molar-refractivity contribution in [3.8, 4) is 23.0 Å². The molecule has 0 atom stereocenters. The van der Waals surface area contributed by atoms with E-state index in [4.69, 9.17) is 9.15 Å². The second-order valence-electron chi connectivity index (χ2n) is 5.51. The molecule has 2 aromatic carbocycles. The molecule has 3 rings (SSSR count). The average Bonchev–Trinajstić information content (AvgIpc) is 2.61. The summed E-state index contributed by atoms with van der Waals surface area (Å²) in [6, 6.07) is 7.99. The zero-order chi connectivity index (χ0) is 18.8. The van der Waals surface area contributed by atoms with Crippen LogP contribution in [0.25, 0.3) is 11.0 Å². The highest BCUT2D eigenvalue weighted by Gasteiger charge is 2.18. The van der Waals surface area contributed by atoms with Gasteiger partial charge in [0.2, 0.25) is 5.75 Å². The maximum absolute atomic E-state index is 12.1. The van der Waals surface area contributed by atoms with Gasteiger partial charge in [-0.1, -0.05) is 6.07 Å².